The summed E-state index contributed by atoms with van der Waals surface area (Å²) in [5.41, 5.74) is -0.800. The molecular formula is C18H32N6O10. The molecule has 1 aromatic rings. The van der Waals surface area contributed by atoms with Gasteiger partial charge < -0.3 is 62.1 Å². The zero-order valence-electron chi connectivity index (χ0n) is 18.3. The van der Waals surface area contributed by atoms with Gasteiger partial charge in [0.1, 0.15) is 0 Å². The SMILES string of the molecule is O=C(NCC(O)CO)c1nc(NC[C@H](O)CO)c(C(=O)NCC(O)CO)nc1NC[C@H](O)CO. The Morgan fingerprint density at radius 1 is 0.588 bits per heavy atom. The highest BCUT2D eigenvalue weighted by Crippen LogP contribution is 2.19. The molecule has 0 aliphatic rings. The first-order valence-electron chi connectivity index (χ1n) is 10.3. The van der Waals surface area contributed by atoms with E-state index in [0.29, 0.717) is 0 Å². The topological polar surface area (TPSA) is 270 Å². The summed E-state index contributed by atoms with van der Waals surface area (Å²) >= 11 is 0. The van der Waals surface area contributed by atoms with Crippen LogP contribution in [0, 0.1) is 0 Å². The molecule has 194 valence electrons. The van der Waals surface area contributed by atoms with Crippen molar-refractivity contribution in [2.45, 2.75) is 24.4 Å². The van der Waals surface area contributed by atoms with Crippen molar-refractivity contribution in [1.82, 2.24) is 20.6 Å². The molecule has 34 heavy (non-hydrogen) atoms. The smallest absolute Gasteiger partial charge is 0.273 e. The van der Waals surface area contributed by atoms with E-state index in [0.717, 1.165) is 0 Å². The third-order valence-corrected chi connectivity index (χ3v) is 4.18. The van der Waals surface area contributed by atoms with Gasteiger partial charge in [-0.25, -0.2) is 9.97 Å². The molecular weight excluding hydrogens is 460 g/mol. The van der Waals surface area contributed by atoms with Crippen molar-refractivity contribution >= 4 is 23.5 Å². The van der Waals surface area contributed by atoms with Gasteiger partial charge in [-0.3, -0.25) is 9.59 Å². The van der Waals surface area contributed by atoms with Crippen molar-refractivity contribution in [3.63, 3.8) is 0 Å². The number of aromatic nitrogens is 2. The third-order valence-electron chi connectivity index (χ3n) is 4.18. The van der Waals surface area contributed by atoms with Gasteiger partial charge in [-0.1, -0.05) is 0 Å². The Morgan fingerprint density at radius 3 is 1.18 bits per heavy atom. The average Bonchev–Trinajstić information content (AvgIpc) is 2.86. The van der Waals surface area contributed by atoms with E-state index in [1.807, 2.05) is 0 Å². The van der Waals surface area contributed by atoms with Crippen molar-refractivity contribution in [3.05, 3.63) is 11.4 Å². The number of hydrogen-bond donors (Lipinski definition) is 12. The first kappa shape index (κ1) is 29.3. The second-order valence-electron chi connectivity index (χ2n) is 7.15. The highest BCUT2D eigenvalue weighted by molar-refractivity contribution is 6.01. The Morgan fingerprint density at radius 2 is 0.882 bits per heavy atom. The fourth-order valence-corrected chi connectivity index (χ4v) is 2.27. The zero-order valence-corrected chi connectivity index (χ0v) is 18.3. The first-order valence-corrected chi connectivity index (χ1v) is 10.3. The van der Waals surface area contributed by atoms with Crippen LogP contribution in [0.3, 0.4) is 0 Å². The number of nitrogens with one attached hydrogen (secondary N) is 4. The number of aliphatic hydroxyl groups excluding tert-OH is 8. The van der Waals surface area contributed by atoms with E-state index in [1.54, 1.807) is 0 Å². The molecule has 2 amide bonds. The summed E-state index contributed by atoms with van der Waals surface area (Å²) in [6, 6.07) is 0. The van der Waals surface area contributed by atoms with Gasteiger partial charge in [0.2, 0.25) is 0 Å². The van der Waals surface area contributed by atoms with Gasteiger partial charge in [0, 0.05) is 26.2 Å². The van der Waals surface area contributed by atoms with Gasteiger partial charge in [-0.05, 0) is 0 Å². The molecule has 0 bridgehead atoms. The molecule has 0 saturated heterocycles. The third kappa shape index (κ3) is 9.65. The molecule has 0 aliphatic carbocycles. The Hall–Kier alpha value is -2.70. The lowest BCUT2D eigenvalue weighted by molar-refractivity contribution is 0.0791. The van der Waals surface area contributed by atoms with Crippen molar-refractivity contribution in [2.24, 2.45) is 0 Å². The van der Waals surface area contributed by atoms with Gasteiger partial charge in [-0.15, -0.1) is 0 Å². The molecule has 1 aromatic heterocycles. The molecule has 0 fully saturated rings. The van der Waals surface area contributed by atoms with Gasteiger partial charge in [0.05, 0.1) is 50.8 Å². The summed E-state index contributed by atoms with van der Waals surface area (Å²) in [6.07, 6.45) is -5.01. The summed E-state index contributed by atoms with van der Waals surface area (Å²) in [5, 5.41) is 83.8. The fraction of sp³-hybridized carbons (Fsp3) is 0.667. The van der Waals surface area contributed by atoms with Crippen LogP contribution in [-0.4, -0.2) is 140 Å². The molecule has 1 heterocycles. The van der Waals surface area contributed by atoms with Gasteiger partial charge in [0.25, 0.3) is 11.8 Å². The first-order chi connectivity index (χ1) is 16.2. The highest BCUT2D eigenvalue weighted by atomic mass is 16.3. The van der Waals surface area contributed by atoms with Gasteiger partial charge >= 0.3 is 0 Å². The summed E-state index contributed by atoms with van der Waals surface area (Å²) in [7, 11) is 0. The van der Waals surface area contributed by atoms with E-state index in [2.05, 4.69) is 31.2 Å². The summed E-state index contributed by atoms with van der Waals surface area (Å²) in [4.78, 5) is 33.4. The van der Waals surface area contributed by atoms with Crippen LogP contribution in [0.2, 0.25) is 0 Å². The molecule has 0 radical (unpaired) electrons. The predicted octanol–water partition coefficient (Wildman–Crippen LogP) is -5.83. The minimum Gasteiger partial charge on any atom is -0.394 e. The number of carbonyl (C=O) groups is 2. The van der Waals surface area contributed by atoms with E-state index < -0.39 is 74.0 Å². The maximum Gasteiger partial charge on any atom is 0.273 e. The number of aliphatic hydroxyl groups is 8. The molecule has 16 nitrogen and oxygen atoms in total. The minimum absolute atomic E-state index is 0.287. The lowest BCUT2D eigenvalue weighted by atomic mass is 10.2. The molecule has 0 saturated carbocycles. The van der Waals surface area contributed by atoms with Crippen LogP contribution in [0.1, 0.15) is 21.0 Å². The van der Waals surface area contributed by atoms with Crippen LogP contribution < -0.4 is 21.3 Å². The second kappa shape index (κ2) is 15.3. The maximum absolute atomic E-state index is 12.6. The van der Waals surface area contributed by atoms with Crippen LogP contribution in [0.15, 0.2) is 0 Å². The number of nitrogens with zero attached hydrogens (tertiary/aromatic N) is 2. The Labute approximate surface area is 194 Å². The largest absolute Gasteiger partial charge is 0.394 e. The Kier molecular flexibility index (Phi) is 13.2. The van der Waals surface area contributed by atoms with E-state index in [4.69, 9.17) is 20.4 Å². The lowest BCUT2D eigenvalue weighted by Crippen LogP contribution is -2.37. The summed E-state index contributed by atoms with van der Waals surface area (Å²) in [5.74, 6) is -2.34. The molecule has 2 unspecified atom stereocenters. The van der Waals surface area contributed by atoms with Crippen LogP contribution in [0.4, 0.5) is 11.6 Å². The standard InChI is InChI=1S/C18H32N6O10/c25-5-9(29)1-19-15-13(17(33)21-3-11(31)7-27)24-16(20-2-10(30)6-26)14(23-15)18(34)22-4-12(32)8-28/h9-12,25-32H,1-8H2,(H,19,23)(H,20,24)(H,21,33)(H,22,34)/t9-,10-,11?,12?/m0/s1. The molecule has 12 N–H and O–H groups in total. The summed E-state index contributed by atoms with van der Waals surface area (Å²) < 4.78 is 0. The second-order valence-corrected chi connectivity index (χ2v) is 7.15. The highest BCUT2D eigenvalue weighted by Gasteiger charge is 2.24. The van der Waals surface area contributed by atoms with Gasteiger partial charge in [-0.2, -0.15) is 0 Å². The lowest BCUT2D eigenvalue weighted by Gasteiger charge is -2.18. The van der Waals surface area contributed by atoms with E-state index in [9.17, 15) is 30.0 Å². The molecule has 4 atom stereocenters. The van der Waals surface area contributed by atoms with Crippen molar-refractivity contribution in [2.75, 3.05) is 63.2 Å². The van der Waals surface area contributed by atoms with E-state index in [1.165, 1.54) is 0 Å². The van der Waals surface area contributed by atoms with Gasteiger partial charge in [0.15, 0.2) is 23.0 Å². The summed E-state index contributed by atoms with van der Waals surface area (Å²) in [6.45, 7) is -3.73. The number of rotatable bonds is 16. The molecule has 0 aliphatic heterocycles. The molecule has 0 aromatic carbocycles. The zero-order chi connectivity index (χ0) is 25.7. The van der Waals surface area contributed by atoms with Crippen LogP contribution in [0.5, 0.6) is 0 Å². The normalized spacial score (nSPS) is 14.6. The van der Waals surface area contributed by atoms with E-state index in [-0.39, 0.29) is 37.8 Å². The quantitative estimate of drug-likeness (QED) is 0.102. The number of hydrogen-bond acceptors (Lipinski definition) is 14. The predicted molar refractivity (Wildman–Crippen MR) is 116 cm³/mol. The fourth-order valence-electron chi connectivity index (χ4n) is 2.27. The van der Waals surface area contributed by atoms with Crippen LogP contribution >= 0.6 is 0 Å². The number of carbonyl (C=O) groups excluding carboxylic acids is 2. The Balaban J connectivity index is 3.37. The van der Waals surface area contributed by atoms with Crippen LogP contribution in [-0.2, 0) is 0 Å². The number of amides is 2. The van der Waals surface area contributed by atoms with E-state index >= 15 is 0 Å². The number of anilines is 2. The molecule has 0 spiro atoms. The average molecular weight is 492 g/mol. The Bertz CT molecular complexity index is 722. The van der Waals surface area contributed by atoms with Crippen molar-refractivity contribution < 1.29 is 50.4 Å². The van der Waals surface area contributed by atoms with Crippen molar-refractivity contribution in [3.8, 4) is 0 Å². The maximum atomic E-state index is 12.6. The molecule has 1 rings (SSSR count). The monoisotopic (exact) mass is 492 g/mol. The van der Waals surface area contributed by atoms with Crippen LogP contribution in [0.25, 0.3) is 0 Å². The van der Waals surface area contributed by atoms with Crippen molar-refractivity contribution in [1.29, 1.82) is 0 Å². The minimum atomic E-state index is -1.26. The molecule has 16 heteroatoms.